The molecule has 0 bridgehead atoms. The number of allylic oxidation sites excluding steroid dienone is 1. The highest BCUT2D eigenvalue weighted by molar-refractivity contribution is 6.16. The minimum atomic E-state index is -1.02. The van der Waals surface area contributed by atoms with Crippen LogP contribution in [0.5, 0.6) is 17.2 Å². The van der Waals surface area contributed by atoms with E-state index in [1.54, 1.807) is 20.3 Å². The molecular formula is C22H22O6. The first kappa shape index (κ1) is 19.5. The van der Waals surface area contributed by atoms with E-state index in [-0.39, 0.29) is 12.4 Å². The van der Waals surface area contributed by atoms with Gasteiger partial charge in [0.05, 0.1) is 14.2 Å². The third-order valence-corrected chi connectivity index (χ3v) is 4.69. The number of carboxylic acids is 1. The van der Waals surface area contributed by atoms with Crippen molar-refractivity contribution in [1.29, 1.82) is 0 Å². The molecule has 3 rings (SSSR count). The van der Waals surface area contributed by atoms with Crippen molar-refractivity contribution in [3.8, 4) is 17.2 Å². The van der Waals surface area contributed by atoms with Gasteiger partial charge in [0.25, 0.3) is 0 Å². The van der Waals surface area contributed by atoms with Gasteiger partial charge in [-0.3, -0.25) is 4.79 Å². The van der Waals surface area contributed by atoms with E-state index < -0.39 is 5.97 Å². The standard InChI is InChI=1S/C22H22O6/c1-12-5-14(6-13(2)22(12)28-11-20(23)24)7-16-8-15-9-18(26-3)19(27-4)10-17(15)21(16)25/h5-7,9-10H,8,11H2,1-4H3,(H,23,24)/b16-7+. The molecule has 1 aliphatic carbocycles. The molecule has 0 amide bonds. The fourth-order valence-corrected chi connectivity index (χ4v) is 3.48. The quantitative estimate of drug-likeness (QED) is 0.769. The first-order chi connectivity index (χ1) is 13.3. The van der Waals surface area contributed by atoms with E-state index in [0.29, 0.717) is 34.8 Å². The fourth-order valence-electron chi connectivity index (χ4n) is 3.48. The Labute approximate surface area is 163 Å². The summed E-state index contributed by atoms with van der Waals surface area (Å²) in [6, 6.07) is 7.33. The molecule has 28 heavy (non-hydrogen) atoms. The number of carbonyl (C=O) groups excluding carboxylic acids is 1. The largest absolute Gasteiger partial charge is 0.493 e. The highest BCUT2D eigenvalue weighted by atomic mass is 16.5. The molecular weight excluding hydrogens is 360 g/mol. The molecule has 2 aromatic rings. The van der Waals surface area contributed by atoms with E-state index in [9.17, 15) is 9.59 Å². The summed E-state index contributed by atoms with van der Waals surface area (Å²) in [4.78, 5) is 23.6. The topological polar surface area (TPSA) is 82.1 Å². The van der Waals surface area contributed by atoms with Crippen LogP contribution >= 0.6 is 0 Å². The third-order valence-electron chi connectivity index (χ3n) is 4.69. The average molecular weight is 382 g/mol. The van der Waals surface area contributed by atoms with Gasteiger partial charge in [0.15, 0.2) is 23.9 Å². The number of Topliss-reactive ketones (excluding diaryl/α,β-unsaturated/α-hetero) is 1. The molecule has 0 aromatic heterocycles. The molecule has 0 saturated carbocycles. The molecule has 0 atom stereocenters. The number of hydrogen-bond donors (Lipinski definition) is 1. The van der Waals surface area contributed by atoms with Crippen LogP contribution in [0.4, 0.5) is 0 Å². The Balaban J connectivity index is 1.92. The Bertz CT molecular complexity index is 964. The van der Waals surface area contributed by atoms with Gasteiger partial charge in [-0.25, -0.2) is 4.79 Å². The summed E-state index contributed by atoms with van der Waals surface area (Å²) < 4.78 is 16.0. The summed E-state index contributed by atoms with van der Waals surface area (Å²) in [5, 5.41) is 8.80. The van der Waals surface area contributed by atoms with Crippen molar-refractivity contribution in [3.05, 3.63) is 57.7 Å². The zero-order valence-electron chi connectivity index (χ0n) is 16.3. The number of aryl methyl sites for hydroxylation is 2. The number of ketones is 1. The van der Waals surface area contributed by atoms with E-state index in [4.69, 9.17) is 19.3 Å². The summed E-state index contributed by atoms with van der Waals surface area (Å²) in [5.74, 6) is 0.632. The number of fused-ring (bicyclic) bond motifs is 1. The number of ether oxygens (including phenoxy) is 3. The molecule has 0 fully saturated rings. The van der Waals surface area contributed by atoms with Crippen molar-refractivity contribution >= 4 is 17.8 Å². The predicted octanol–water partition coefficient (Wildman–Crippen LogP) is 3.61. The van der Waals surface area contributed by atoms with E-state index in [0.717, 1.165) is 22.3 Å². The molecule has 1 aliphatic rings. The summed E-state index contributed by atoms with van der Waals surface area (Å²) in [5.41, 5.74) is 4.72. The highest BCUT2D eigenvalue weighted by Crippen LogP contribution is 2.37. The lowest BCUT2D eigenvalue weighted by molar-refractivity contribution is -0.139. The Hall–Kier alpha value is -3.28. The van der Waals surface area contributed by atoms with Crippen LogP contribution in [-0.4, -0.2) is 37.7 Å². The first-order valence-electron chi connectivity index (χ1n) is 8.80. The zero-order valence-corrected chi connectivity index (χ0v) is 16.3. The number of benzene rings is 2. The first-order valence-corrected chi connectivity index (χ1v) is 8.80. The number of rotatable bonds is 6. The van der Waals surface area contributed by atoms with Gasteiger partial charge >= 0.3 is 5.97 Å². The number of methoxy groups -OCH3 is 2. The van der Waals surface area contributed by atoms with Gasteiger partial charge in [0.2, 0.25) is 0 Å². The molecule has 6 heteroatoms. The van der Waals surface area contributed by atoms with Gasteiger partial charge in [-0.15, -0.1) is 0 Å². The van der Waals surface area contributed by atoms with Gasteiger partial charge in [-0.1, -0.05) is 0 Å². The highest BCUT2D eigenvalue weighted by Gasteiger charge is 2.27. The van der Waals surface area contributed by atoms with Gasteiger partial charge in [-0.05, 0) is 66.4 Å². The van der Waals surface area contributed by atoms with Gasteiger partial charge in [0, 0.05) is 17.6 Å². The van der Waals surface area contributed by atoms with Crippen LogP contribution in [0, 0.1) is 13.8 Å². The smallest absolute Gasteiger partial charge is 0.341 e. The average Bonchev–Trinajstić information content (AvgIpc) is 2.94. The van der Waals surface area contributed by atoms with Gasteiger partial charge in [-0.2, -0.15) is 0 Å². The van der Waals surface area contributed by atoms with Crippen molar-refractivity contribution < 1.29 is 28.9 Å². The van der Waals surface area contributed by atoms with E-state index in [2.05, 4.69) is 0 Å². The molecule has 1 N–H and O–H groups in total. The second-order valence-corrected chi connectivity index (χ2v) is 6.71. The van der Waals surface area contributed by atoms with Crippen molar-refractivity contribution in [2.24, 2.45) is 0 Å². The maximum Gasteiger partial charge on any atom is 0.341 e. The normalized spacial score (nSPS) is 14.1. The number of carbonyl (C=O) groups is 2. The molecule has 0 radical (unpaired) electrons. The van der Waals surface area contributed by atoms with Crippen molar-refractivity contribution in [2.75, 3.05) is 20.8 Å². The molecule has 146 valence electrons. The SMILES string of the molecule is COc1cc2c(cc1OC)C(=O)/C(=C/c1cc(C)c(OCC(=O)O)c(C)c1)C2. The predicted molar refractivity (Wildman–Crippen MR) is 105 cm³/mol. The number of hydrogen-bond acceptors (Lipinski definition) is 5. The minimum Gasteiger partial charge on any atom is -0.493 e. The molecule has 0 heterocycles. The Morgan fingerprint density at radius 3 is 2.25 bits per heavy atom. The Morgan fingerprint density at radius 1 is 1.07 bits per heavy atom. The van der Waals surface area contributed by atoms with Crippen molar-refractivity contribution in [2.45, 2.75) is 20.3 Å². The number of aliphatic carboxylic acids is 1. The maximum atomic E-state index is 12.8. The third kappa shape index (κ3) is 3.71. The monoisotopic (exact) mass is 382 g/mol. The van der Waals surface area contributed by atoms with E-state index >= 15 is 0 Å². The maximum absolute atomic E-state index is 12.8. The summed E-state index contributed by atoms with van der Waals surface area (Å²) in [6.07, 6.45) is 2.38. The van der Waals surface area contributed by atoms with Gasteiger partial charge < -0.3 is 19.3 Å². The summed E-state index contributed by atoms with van der Waals surface area (Å²) >= 11 is 0. The molecule has 0 unspecified atom stereocenters. The van der Waals surface area contributed by atoms with E-state index in [1.165, 1.54) is 0 Å². The summed E-state index contributed by atoms with van der Waals surface area (Å²) in [6.45, 7) is 3.32. The second kappa shape index (κ2) is 7.76. The molecule has 0 saturated heterocycles. The van der Waals surface area contributed by atoms with Crippen LogP contribution < -0.4 is 14.2 Å². The zero-order chi connectivity index (χ0) is 20.4. The lowest BCUT2D eigenvalue weighted by Gasteiger charge is -2.12. The van der Waals surface area contributed by atoms with Crippen molar-refractivity contribution in [3.63, 3.8) is 0 Å². The Morgan fingerprint density at radius 2 is 1.68 bits per heavy atom. The van der Waals surface area contributed by atoms with Crippen LogP contribution in [-0.2, 0) is 11.2 Å². The lowest BCUT2D eigenvalue weighted by Crippen LogP contribution is -2.11. The van der Waals surface area contributed by atoms with Crippen LogP contribution in [0.1, 0.15) is 32.6 Å². The van der Waals surface area contributed by atoms with E-state index in [1.807, 2.05) is 38.1 Å². The molecule has 0 aliphatic heterocycles. The molecule has 6 nitrogen and oxygen atoms in total. The summed E-state index contributed by atoms with van der Waals surface area (Å²) in [7, 11) is 3.11. The van der Waals surface area contributed by atoms with Crippen molar-refractivity contribution in [1.82, 2.24) is 0 Å². The fraction of sp³-hybridized carbons (Fsp3) is 0.273. The van der Waals surface area contributed by atoms with Crippen LogP contribution in [0.3, 0.4) is 0 Å². The second-order valence-electron chi connectivity index (χ2n) is 6.71. The number of carboxylic acid groups (broad SMARTS) is 1. The lowest BCUT2D eigenvalue weighted by atomic mass is 10.0. The molecule has 2 aromatic carbocycles. The van der Waals surface area contributed by atoms with Crippen LogP contribution in [0.15, 0.2) is 29.8 Å². The van der Waals surface area contributed by atoms with Crippen LogP contribution in [0.2, 0.25) is 0 Å². The Kier molecular flexibility index (Phi) is 5.40. The van der Waals surface area contributed by atoms with Crippen LogP contribution in [0.25, 0.3) is 6.08 Å². The molecule has 0 spiro atoms. The minimum absolute atomic E-state index is 0.0301. The van der Waals surface area contributed by atoms with Gasteiger partial charge in [0.1, 0.15) is 5.75 Å².